The van der Waals surface area contributed by atoms with Crippen molar-refractivity contribution < 1.29 is 4.21 Å². The fraction of sp³-hybridized carbons (Fsp3) is 0.667. The van der Waals surface area contributed by atoms with Crippen LogP contribution < -0.4 is 5.32 Å². The highest BCUT2D eigenvalue weighted by Crippen LogP contribution is 2.36. The molecule has 96 valence electrons. The molecule has 3 unspecified atom stereocenters. The van der Waals surface area contributed by atoms with E-state index in [2.05, 4.69) is 34.0 Å². The number of hydrogen-bond donors (Lipinski definition) is 1. The number of aryl methyl sites for hydroxylation is 1. The Hall–Kier alpha value is 0.540. The standard InChI is InChI=1S/C12H18INOS2/c1-8(17(2)15)7-14-10-4-3-5-11-9(10)6-12(13)16-11/h6,8,10,14H,3-5,7H2,1-2H3. The van der Waals surface area contributed by atoms with Gasteiger partial charge < -0.3 is 5.32 Å². The Balaban J connectivity index is 2.01. The minimum Gasteiger partial charge on any atom is -0.309 e. The van der Waals surface area contributed by atoms with Gasteiger partial charge >= 0.3 is 0 Å². The lowest BCUT2D eigenvalue weighted by molar-refractivity contribution is 0.465. The number of nitrogens with one attached hydrogen (secondary N) is 1. The maximum absolute atomic E-state index is 11.3. The first-order valence-electron chi connectivity index (χ1n) is 5.91. The van der Waals surface area contributed by atoms with E-state index in [1.54, 1.807) is 11.1 Å². The second kappa shape index (κ2) is 6.12. The summed E-state index contributed by atoms with van der Waals surface area (Å²) in [5.74, 6) is 0. The van der Waals surface area contributed by atoms with E-state index in [1.165, 1.54) is 27.7 Å². The normalized spacial score (nSPS) is 23.1. The lowest BCUT2D eigenvalue weighted by Crippen LogP contribution is -2.32. The van der Waals surface area contributed by atoms with Crippen LogP contribution in [0.25, 0.3) is 0 Å². The van der Waals surface area contributed by atoms with E-state index in [0.29, 0.717) is 6.04 Å². The molecule has 2 rings (SSSR count). The van der Waals surface area contributed by atoms with Crippen molar-refractivity contribution in [1.82, 2.24) is 5.32 Å². The number of hydrogen-bond acceptors (Lipinski definition) is 3. The van der Waals surface area contributed by atoms with E-state index in [1.807, 2.05) is 18.3 Å². The Bertz CT molecular complexity index is 419. The van der Waals surface area contributed by atoms with Gasteiger partial charge in [-0.1, -0.05) is 0 Å². The smallest absolute Gasteiger partial charge is 0.0659 e. The Morgan fingerprint density at radius 1 is 1.71 bits per heavy atom. The molecule has 0 aromatic carbocycles. The molecule has 0 aliphatic heterocycles. The van der Waals surface area contributed by atoms with Gasteiger partial charge in [-0.15, -0.1) is 11.3 Å². The third kappa shape index (κ3) is 3.52. The number of halogens is 1. The molecule has 0 radical (unpaired) electrons. The predicted molar refractivity (Wildman–Crippen MR) is 84.2 cm³/mol. The summed E-state index contributed by atoms with van der Waals surface area (Å²) in [6.07, 6.45) is 5.50. The molecular weight excluding hydrogens is 365 g/mol. The van der Waals surface area contributed by atoms with E-state index in [0.717, 1.165) is 6.54 Å². The van der Waals surface area contributed by atoms with Crippen molar-refractivity contribution in [3.05, 3.63) is 19.4 Å². The molecule has 17 heavy (non-hydrogen) atoms. The highest BCUT2D eigenvalue weighted by Gasteiger charge is 2.22. The van der Waals surface area contributed by atoms with Gasteiger partial charge in [-0.05, 0) is 60.4 Å². The lowest BCUT2D eigenvalue weighted by atomic mass is 9.94. The molecule has 0 fully saturated rings. The third-order valence-electron chi connectivity index (χ3n) is 3.30. The molecule has 1 aliphatic carbocycles. The molecular formula is C12H18INOS2. The van der Waals surface area contributed by atoms with Crippen LogP contribution in [0.2, 0.25) is 0 Å². The van der Waals surface area contributed by atoms with Gasteiger partial charge in [-0.2, -0.15) is 0 Å². The molecule has 1 aromatic rings. The summed E-state index contributed by atoms with van der Waals surface area (Å²) in [7, 11) is -0.729. The molecule has 0 saturated carbocycles. The van der Waals surface area contributed by atoms with E-state index in [9.17, 15) is 4.21 Å². The summed E-state index contributed by atoms with van der Waals surface area (Å²) in [4.78, 5) is 1.54. The SMILES string of the molecule is CC(CNC1CCCc2sc(I)cc21)S(C)=O. The van der Waals surface area contributed by atoms with Crippen LogP contribution in [0.15, 0.2) is 6.07 Å². The highest BCUT2D eigenvalue weighted by molar-refractivity contribution is 14.1. The van der Waals surface area contributed by atoms with Gasteiger partial charge in [0.25, 0.3) is 0 Å². The van der Waals surface area contributed by atoms with Crippen molar-refractivity contribution in [2.45, 2.75) is 37.5 Å². The Labute approximate surface area is 123 Å². The van der Waals surface area contributed by atoms with Crippen LogP contribution in [0.3, 0.4) is 0 Å². The van der Waals surface area contributed by atoms with Gasteiger partial charge in [0.1, 0.15) is 0 Å². The van der Waals surface area contributed by atoms with Crippen LogP contribution >= 0.6 is 33.9 Å². The molecule has 0 spiro atoms. The molecule has 1 heterocycles. The first-order valence-corrected chi connectivity index (χ1v) is 9.43. The Morgan fingerprint density at radius 3 is 3.18 bits per heavy atom. The summed E-state index contributed by atoms with van der Waals surface area (Å²) < 4.78 is 12.7. The van der Waals surface area contributed by atoms with Crippen molar-refractivity contribution in [2.24, 2.45) is 0 Å². The monoisotopic (exact) mass is 383 g/mol. The first-order chi connectivity index (χ1) is 8.08. The maximum Gasteiger partial charge on any atom is 0.0659 e. The van der Waals surface area contributed by atoms with Gasteiger partial charge in [0.2, 0.25) is 0 Å². The largest absolute Gasteiger partial charge is 0.309 e. The van der Waals surface area contributed by atoms with Gasteiger partial charge in [0.15, 0.2) is 0 Å². The Kier molecular flexibility index (Phi) is 5.03. The zero-order valence-electron chi connectivity index (χ0n) is 10.2. The van der Waals surface area contributed by atoms with Gasteiger partial charge in [-0.3, -0.25) is 4.21 Å². The molecule has 0 bridgehead atoms. The van der Waals surface area contributed by atoms with Crippen LogP contribution in [-0.4, -0.2) is 22.3 Å². The molecule has 1 aromatic heterocycles. The number of thiophene rings is 1. The lowest BCUT2D eigenvalue weighted by Gasteiger charge is -2.24. The molecule has 3 atom stereocenters. The fourth-order valence-electron chi connectivity index (χ4n) is 2.16. The predicted octanol–water partition coefficient (Wildman–Crippen LogP) is 3.09. The molecule has 1 aliphatic rings. The zero-order chi connectivity index (χ0) is 12.4. The van der Waals surface area contributed by atoms with E-state index < -0.39 is 10.8 Å². The van der Waals surface area contributed by atoms with Crippen molar-refractivity contribution in [3.8, 4) is 0 Å². The Morgan fingerprint density at radius 2 is 2.47 bits per heavy atom. The van der Waals surface area contributed by atoms with Crippen molar-refractivity contribution in [2.75, 3.05) is 12.8 Å². The topological polar surface area (TPSA) is 29.1 Å². The van der Waals surface area contributed by atoms with E-state index in [4.69, 9.17) is 0 Å². The number of fused-ring (bicyclic) bond motifs is 1. The third-order valence-corrected chi connectivity index (χ3v) is 6.57. The van der Waals surface area contributed by atoms with Crippen molar-refractivity contribution in [1.29, 1.82) is 0 Å². The van der Waals surface area contributed by atoms with Crippen LogP contribution in [0.1, 0.15) is 36.2 Å². The van der Waals surface area contributed by atoms with E-state index >= 15 is 0 Å². The molecule has 0 amide bonds. The average Bonchev–Trinajstić information content (AvgIpc) is 2.66. The zero-order valence-corrected chi connectivity index (χ0v) is 14.0. The number of rotatable bonds is 4. The minimum atomic E-state index is -0.729. The quantitative estimate of drug-likeness (QED) is 0.810. The van der Waals surface area contributed by atoms with Gasteiger partial charge in [0.05, 0.1) is 2.88 Å². The van der Waals surface area contributed by atoms with Crippen molar-refractivity contribution in [3.63, 3.8) is 0 Å². The second-order valence-corrected chi connectivity index (χ2v) is 9.42. The second-order valence-electron chi connectivity index (χ2n) is 4.59. The summed E-state index contributed by atoms with van der Waals surface area (Å²) in [5.41, 5.74) is 1.49. The molecule has 1 N–H and O–H groups in total. The highest BCUT2D eigenvalue weighted by atomic mass is 127. The molecule has 0 saturated heterocycles. The van der Waals surface area contributed by atoms with Gasteiger partial charge in [-0.25, -0.2) is 0 Å². The van der Waals surface area contributed by atoms with Crippen LogP contribution in [0.4, 0.5) is 0 Å². The van der Waals surface area contributed by atoms with Crippen LogP contribution in [0, 0.1) is 2.88 Å². The summed E-state index contributed by atoms with van der Waals surface area (Å²) in [6, 6.07) is 2.79. The fourth-order valence-corrected chi connectivity index (χ4v) is 4.61. The first kappa shape index (κ1) is 14.0. The molecule has 2 nitrogen and oxygen atoms in total. The van der Waals surface area contributed by atoms with Gasteiger partial charge in [0, 0.05) is 39.8 Å². The van der Waals surface area contributed by atoms with E-state index in [-0.39, 0.29) is 5.25 Å². The summed E-state index contributed by atoms with van der Waals surface area (Å²) in [5, 5.41) is 3.82. The maximum atomic E-state index is 11.3. The van der Waals surface area contributed by atoms with Crippen LogP contribution in [0.5, 0.6) is 0 Å². The summed E-state index contributed by atoms with van der Waals surface area (Å²) >= 11 is 4.33. The van der Waals surface area contributed by atoms with Crippen molar-refractivity contribution >= 4 is 44.7 Å². The average molecular weight is 383 g/mol. The van der Waals surface area contributed by atoms with Crippen LogP contribution in [-0.2, 0) is 17.2 Å². The minimum absolute atomic E-state index is 0.234. The molecule has 5 heteroatoms. The summed E-state index contributed by atoms with van der Waals surface area (Å²) in [6.45, 7) is 2.89.